The van der Waals surface area contributed by atoms with Gasteiger partial charge in [0.25, 0.3) is 0 Å². The number of hydrogen-bond donors (Lipinski definition) is 3. The van der Waals surface area contributed by atoms with Crippen LogP contribution in [0.25, 0.3) is 0 Å². The molecule has 1 aliphatic rings. The molecule has 4 atom stereocenters. The SMILES string of the molecule is CNC(Cc1cc(F)cc(F)c1)C(O)C1CC(OCc2ccccc2)CN1. The highest BCUT2D eigenvalue weighted by molar-refractivity contribution is 5.19. The maximum Gasteiger partial charge on any atom is 0.126 e. The van der Waals surface area contributed by atoms with Crippen molar-refractivity contribution in [2.24, 2.45) is 0 Å². The molecule has 0 spiro atoms. The molecule has 0 radical (unpaired) electrons. The zero-order chi connectivity index (χ0) is 19.2. The van der Waals surface area contributed by atoms with E-state index in [4.69, 9.17) is 4.74 Å². The molecule has 27 heavy (non-hydrogen) atoms. The fraction of sp³-hybridized carbons (Fsp3) is 0.429. The Bertz CT molecular complexity index is 709. The van der Waals surface area contributed by atoms with E-state index in [0.717, 1.165) is 11.6 Å². The Labute approximate surface area is 158 Å². The van der Waals surface area contributed by atoms with Crippen LogP contribution < -0.4 is 10.6 Å². The second kappa shape index (κ2) is 9.37. The molecule has 4 unspecified atom stereocenters. The van der Waals surface area contributed by atoms with Gasteiger partial charge in [0, 0.05) is 24.7 Å². The van der Waals surface area contributed by atoms with Crippen LogP contribution in [0.1, 0.15) is 17.5 Å². The summed E-state index contributed by atoms with van der Waals surface area (Å²) in [6.07, 6.45) is 0.338. The molecule has 2 aromatic rings. The minimum absolute atomic E-state index is 0.0222. The summed E-state index contributed by atoms with van der Waals surface area (Å²) >= 11 is 0. The van der Waals surface area contributed by atoms with E-state index in [9.17, 15) is 13.9 Å². The quantitative estimate of drug-likeness (QED) is 0.662. The Balaban J connectivity index is 1.53. The van der Waals surface area contributed by atoms with Crippen LogP contribution in [-0.2, 0) is 17.8 Å². The molecule has 1 saturated heterocycles. The van der Waals surface area contributed by atoms with E-state index in [2.05, 4.69) is 10.6 Å². The standard InChI is InChI=1S/C21H26F2N2O2/c1-24-19(9-15-7-16(22)10-17(23)8-15)21(26)20-11-18(12-25-20)27-13-14-5-3-2-4-6-14/h2-8,10,18-21,24-26H,9,11-13H2,1H3. The van der Waals surface area contributed by atoms with Gasteiger partial charge in [-0.15, -0.1) is 0 Å². The largest absolute Gasteiger partial charge is 0.390 e. The molecular weight excluding hydrogens is 350 g/mol. The van der Waals surface area contributed by atoms with E-state index in [1.54, 1.807) is 7.05 Å². The smallest absolute Gasteiger partial charge is 0.126 e. The highest BCUT2D eigenvalue weighted by Crippen LogP contribution is 2.19. The molecule has 146 valence electrons. The van der Waals surface area contributed by atoms with Crippen LogP contribution >= 0.6 is 0 Å². The normalized spacial score (nSPS) is 21.9. The number of likely N-dealkylation sites (N-methyl/N-ethyl adjacent to an activating group) is 1. The lowest BCUT2D eigenvalue weighted by atomic mass is 9.95. The summed E-state index contributed by atoms with van der Waals surface area (Å²) in [5.74, 6) is -1.22. The van der Waals surface area contributed by atoms with Crippen molar-refractivity contribution >= 4 is 0 Å². The highest BCUT2D eigenvalue weighted by Gasteiger charge is 2.34. The second-order valence-corrected chi connectivity index (χ2v) is 7.04. The van der Waals surface area contributed by atoms with Gasteiger partial charge in [0.1, 0.15) is 11.6 Å². The topological polar surface area (TPSA) is 53.5 Å². The Morgan fingerprint density at radius 3 is 2.52 bits per heavy atom. The van der Waals surface area contributed by atoms with Gasteiger partial charge >= 0.3 is 0 Å². The highest BCUT2D eigenvalue weighted by atomic mass is 19.1. The lowest BCUT2D eigenvalue weighted by Gasteiger charge is -2.27. The number of benzene rings is 2. The van der Waals surface area contributed by atoms with Gasteiger partial charge in [-0.1, -0.05) is 30.3 Å². The van der Waals surface area contributed by atoms with E-state index < -0.39 is 17.7 Å². The van der Waals surface area contributed by atoms with Gasteiger partial charge in [-0.05, 0) is 43.1 Å². The molecule has 6 heteroatoms. The molecule has 3 N–H and O–H groups in total. The Morgan fingerprint density at radius 2 is 1.85 bits per heavy atom. The van der Waals surface area contributed by atoms with Gasteiger partial charge in [0.15, 0.2) is 0 Å². The maximum atomic E-state index is 13.4. The third-order valence-corrected chi connectivity index (χ3v) is 5.03. The monoisotopic (exact) mass is 376 g/mol. The molecule has 0 bridgehead atoms. The predicted octanol–water partition coefficient (Wildman–Crippen LogP) is 2.40. The van der Waals surface area contributed by atoms with Crippen molar-refractivity contribution in [2.45, 2.75) is 43.7 Å². The van der Waals surface area contributed by atoms with Crippen LogP contribution in [-0.4, -0.2) is 43.0 Å². The van der Waals surface area contributed by atoms with E-state index in [0.29, 0.717) is 31.6 Å². The van der Waals surface area contributed by atoms with E-state index >= 15 is 0 Å². The summed E-state index contributed by atoms with van der Waals surface area (Å²) in [4.78, 5) is 0. The van der Waals surface area contributed by atoms with Crippen molar-refractivity contribution in [3.8, 4) is 0 Å². The minimum atomic E-state index is -0.702. The molecule has 2 aromatic carbocycles. The van der Waals surface area contributed by atoms with E-state index in [1.165, 1.54) is 12.1 Å². The summed E-state index contributed by atoms with van der Waals surface area (Å²) in [6.45, 7) is 1.20. The molecule has 0 aromatic heterocycles. The number of hydrogen-bond acceptors (Lipinski definition) is 4. The zero-order valence-electron chi connectivity index (χ0n) is 15.4. The van der Waals surface area contributed by atoms with Gasteiger partial charge in [0.2, 0.25) is 0 Å². The number of ether oxygens (including phenoxy) is 1. The van der Waals surface area contributed by atoms with E-state index in [-0.39, 0.29) is 18.2 Å². The number of aliphatic hydroxyl groups is 1. The molecule has 1 aliphatic heterocycles. The summed E-state index contributed by atoms with van der Waals surface area (Å²) in [5.41, 5.74) is 1.63. The third kappa shape index (κ3) is 5.56. The lowest BCUT2D eigenvalue weighted by molar-refractivity contribution is 0.0429. The average Bonchev–Trinajstić information content (AvgIpc) is 3.13. The van der Waals surface area contributed by atoms with Crippen LogP contribution in [0.5, 0.6) is 0 Å². The molecule has 1 heterocycles. The first-order valence-corrected chi connectivity index (χ1v) is 9.24. The van der Waals surface area contributed by atoms with Crippen LogP contribution in [0.3, 0.4) is 0 Å². The molecular formula is C21H26F2N2O2. The number of rotatable bonds is 8. The first kappa shape index (κ1) is 19.9. The molecule has 0 amide bonds. The summed E-state index contributed by atoms with van der Waals surface area (Å²) in [7, 11) is 1.74. The molecule has 0 aliphatic carbocycles. The van der Waals surface area contributed by atoms with Crippen molar-refractivity contribution in [3.05, 3.63) is 71.3 Å². The zero-order valence-corrected chi connectivity index (χ0v) is 15.4. The lowest BCUT2D eigenvalue weighted by Crippen LogP contribution is -2.49. The van der Waals surface area contributed by atoms with E-state index in [1.807, 2.05) is 30.3 Å². The summed E-state index contributed by atoms with van der Waals surface area (Å²) < 4.78 is 32.8. The Hall–Kier alpha value is -1.86. The van der Waals surface area contributed by atoms with Gasteiger partial charge in [-0.2, -0.15) is 0 Å². The van der Waals surface area contributed by atoms with Crippen LogP contribution in [0.2, 0.25) is 0 Å². The van der Waals surface area contributed by atoms with Gasteiger partial charge in [-0.25, -0.2) is 8.78 Å². The van der Waals surface area contributed by atoms with Crippen LogP contribution in [0.4, 0.5) is 8.78 Å². The van der Waals surface area contributed by atoms with Crippen molar-refractivity contribution in [1.82, 2.24) is 10.6 Å². The number of nitrogens with one attached hydrogen (secondary N) is 2. The maximum absolute atomic E-state index is 13.4. The molecule has 0 saturated carbocycles. The van der Waals surface area contributed by atoms with Gasteiger partial charge in [0.05, 0.1) is 18.8 Å². The number of aliphatic hydroxyl groups excluding tert-OH is 1. The second-order valence-electron chi connectivity index (χ2n) is 7.04. The summed E-state index contributed by atoms with van der Waals surface area (Å²) in [6, 6.07) is 12.9. The molecule has 1 fully saturated rings. The fourth-order valence-electron chi connectivity index (χ4n) is 3.56. The minimum Gasteiger partial charge on any atom is -0.390 e. The Kier molecular flexibility index (Phi) is 6.90. The van der Waals surface area contributed by atoms with Crippen molar-refractivity contribution < 1.29 is 18.6 Å². The van der Waals surface area contributed by atoms with Crippen LogP contribution in [0.15, 0.2) is 48.5 Å². The van der Waals surface area contributed by atoms with Gasteiger partial charge < -0.3 is 20.5 Å². The predicted molar refractivity (Wildman–Crippen MR) is 100 cm³/mol. The fourth-order valence-corrected chi connectivity index (χ4v) is 3.56. The van der Waals surface area contributed by atoms with Crippen LogP contribution in [0, 0.1) is 11.6 Å². The average molecular weight is 376 g/mol. The first-order valence-electron chi connectivity index (χ1n) is 9.24. The van der Waals surface area contributed by atoms with Crippen molar-refractivity contribution in [1.29, 1.82) is 0 Å². The Morgan fingerprint density at radius 1 is 1.15 bits per heavy atom. The third-order valence-electron chi connectivity index (χ3n) is 5.03. The van der Waals surface area contributed by atoms with Gasteiger partial charge in [-0.3, -0.25) is 0 Å². The van der Waals surface area contributed by atoms with Crippen molar-refractivity contribution in [2.75, 3.05) is 13.6 Å². The molecule has 3 rings (SSSR count). The van der Waals surface area contributed by atoms with Crippen molar-refractivity contribution in [3.63, 3.8) is 0 Å². The summed E-state index contributed by atoms with van der Waals surface area (Å²) in [5, 5.41) is 17.1. The first-order chi connectivity index (χ1) is 13.0. The molecule has 4 nitrogen and oxygen atoms in total. The number of halogens is 2.